The molecule has 0 radical (unpaired) electrons. The highest BCUT2D eigenvalue weighted by molar-refractivity contribution is 5.76. The van der Waals surface area contributed by atoms with Crippen molar-refractivity contribution in [2.45, 2.75) is 57.4 Å². The molecule has 2 aliphatic rings. The van der Waals surface area contributed by atoms with E-state index in [4.69, 9.17) is 9.47 Å². The van der Waals surface area contributed by atoms with Gasteiger partial charge in [0, 0.05) is 36.8 Å². The van der Waals surface area contributed by atoms with Gasteiger partial charge in [0.1, 0.15) is 5.82 Å². The number of methoxy groups -OCH3 is 2. The van der Waals surface area contributed by atoms with Crippen molar-refractivity contribution < 1.29 is 14.3 Å². The second kappa shape index (κ2) is 12.4. The minimum absolute atomic E-state index is 0.0642. The molecule has 0 spiro atoms. The van der Waals surface area contributed by atoms with E-state index in [1.54, 1.807) is 26.6 Å². The summed E-state index contributed by atoms with van der Waals surface area (Å²) < 4.78 is 10.7. The van der Waals surface area contributed by atoms with Gasteiger partial charge in [0.05, 0.1) is 14.2 Å². The van der Waals surface area contributed by atoms with Gasteiger partial charge in [0.15, 0.2) is 11.5 Å². The van der Waals surface area contributed by atoms with Gasteiger partial charge in [-0.05, 0) is 91.9 Å². The number of piperidine rings is 1. The van der Waals surface area contributed by atoms with E-state index < -0.39 is 0 Å². The summed E-state index contributed by atoms with van der Waals surface area (Å²) in [7, 11) is 3.24. The molecule has 1 fully saturated rings. The molecule has 1 amide bonds. The number of fused-ring (bicyclic) bond motifs is 1. The predicted octanol–water partition coefficient (Wildman–Crippen LogP) is 4.31. The molecule has 2 atom stereocenters. The fourth-order valence-corrected chi connectivity index (χ4v) is 5.72. The van der Waals surface area contributed by atoms with Gasteiger partial charge < -0.3 is 20.1 Å². The maximum atomic E-state index is 13.1. The Morgan fingerprint density at radius 2 is 1.82 bits per heavy atom. The summed E-state index contributed by atoms with van der Waals surface area (Å²) in [6, 6.07) is 12.8. The zero-order valence-corrected chi connectivity index (χ0v) is 22.5. The van der Waals surface area contributed by atoms with E-state index in [9.17, 15) is 4.79 Å². The average Bonchev–Trinajstić information content (AvgIpc) is 3.44. The van der Waals surface area contributed by atoms with Crippen LogP contribution in [-0.2, 0) is 30.5 Å². The number of hydrogen-bond donors (Lipinski definition) is 2. The van der Waals surface area contributed by atoms with Crippen LogP contribution in [0.5, 0.6) is 11.5 Å². The lowest BCUT2D eigenvalue weighted by atomic mass is 9.87. The van der Waals surface area contributed by atoms with Crippen molar-refractivity contribution in [3.63, 3.8) is 0 Å². The van der Waals surface area contributed by atoms with Crippen molar-refractivity contribution in [3.8, 4) is 22.6 Å². The summed E-state index contributed by atoms with van der Waals surface area (Å²) in [6.45, 7) is 2.02. The topological polar surface area (TPSA) is 85.4 Å². The second-order valence-electron chi connectivity index (χ2n) is 10.4. The SMILES string of the molecule is COc1ccc(-c2cnc(CCC(=O)NC(Cc3ccc4c(c3)CCC4)C3CCCNC3)nc2)cc1OC. The third-order valence-corrected chi connectivity index (χ3v) is 7.87. The highest BCUT2D eigenvalue weighted by atomic mass is 16.5. The number of aryl methyl sites for hydroxylation is 3. The first-order chi connectivity index (χ1) is 18.6. The Morgan fingerprint density at radius 1 is 1.00 bits per heavy atom. The molecule has 3 aromatic rings. The van der Waals surface area contributed by atoms with Crippen molar-refractivity contribution >= 4 is 5.91 Å². The minimum Gasteiger partial charge on any atom is -0.493 e. The maximum absolute atomic E-state index is 13.1. The summed E-state index contributed by atoms with van der Waals surface area (Å²) >= 11 is 0. The van der Waals surface area contributed by atoms with Crippen molar-refractivity contribution in [1.82, 2.24) is 20.6 Å². The molecule has 1 aliphatic heterocycles. The van der Waals surface area contributed by atoms with Crippen LogP contribution in [0.2, 0.25) is 0 Å². The van der Waals surface area contributed by atoms with Gasteiger partial charge in [-0.15, -0.1) is 0 Å². The number of benzene rings is 2. The van der Waals surface area contributed by atoms with Gasteiger partial charge in [0.25, 0.3) is 0 Å². The normalized spacial score (nSPS) is 17.5. The molecule has 7 heteroatoms. The lowest BCUT2D eigenvalue weighted by molar-refractivity contribution is -0.122. The average molecular weight is 515 g/mol. The Bertz CT molecular complexity index is 1240. The first-order valence-electron chi connectivity index (χ1n) is 13.8. The van der Waals surface area contributed by atoms with Crippen LogP contribution in [0.25, 0.3) is 11.1 Å². The van der Waals surface area contributed by atoms with Crippen LogP contribution in [0.3, 0.4) is 0 Å². The van der Waals surface area contributed by atoms with Crippen LogP contribution in [0.4, 0.5) is 0 Å². The van der Waals surface area contributed by atoms with Crippen LogP contribution in [0.15, 0.2) is 48.8 Å². The molecule has 2 aromatic carbocycles. The van der Waals surface area contributed by atoms with Crippen molar-refractivity contribution in [2.75, 3.05) is 27.3 Å². The molecular weight excluding hydrogens is 476 g/mol. The third kappa shape index (κ3) is 6.33. The van der Waals surface area contributed by atoms with Crippen molar-refractivity contribution in [2.24, 2.45) is 5.92 Å². The molecule has 200 valence electrons. The monoisotopic (exact) mass is 514 g/mol. The highest BCUT2D eigenvalue weighted by Crippen LogP contribution is 2.32. The number of nitrogens with zero attached hydrogens (tertiary/aromatic N) is 2. The van der Waals surface area contributed by atoms with Crippen molar-refractivity contribution in [1.29, 1.82) is 0 Å². The van der Waals surface area contributed by atoms with Gasteiger partial charge in [0.2, 0.25) is 5.91 Å². The lowest BCUT2D eigenvalue weighted by Crippen LogP contribution is -2.47. The van der Waals surface area contributed by atoms with E-state index in [1.807, 2.05) is 18.2 Å². The van der Waals surface area contributed by atoms with Gasteiger partial charge >= 0.3 is 0 Å². The zero-order valence-electron chi connectivity index (χ0n) is 22.5. The molecule has 1 saturated heterocycles. The molecule has 7 nitrogen and oxygen atoms in total. The Morgan fingerprint density at radius 3 is 2.58 bits per heavy atom. The van der Waals surface area contributed by atoms with Crippen molar-refractivity contribution in [3.05, 3.63) is 71.3 Å². The van der Waals surface area contributed by atoms with Gasteiger partial charge in [-0.1, -0.05) is 24.3 Å². The smallest absolute Gasteiger partial charge is 0.220 e. The summed E-state index contributed by atoms with van der Waals surface area (Å²) in [5.74, 6) is 2.51. The van der Waals surface area contributed by atoms with Crippen LogP contribution in [0, 0.1) is 5.92 Å². The van der Waals surface area contributed by atoms with E-state index in [1.165, 1.54) is 36.0 Å². The van der Waals surface area contributed by atoms with Gasteiger partial charge in [-0.3, -0.25) is 4.79 Å². The zero-order chi connectivity index (χ0) is 26.3. The first-order valence-corrected chi connectivity index (χ1v) is 13.8. The van der Waals surface area contributed by atoms with E-state index in [-0.39, 0.29) is 11.9 Å². The summed E-state index contributed by atoms with van der Waals surface area (Å²) in [4.78, 5) is 22.1. The number of hydrogen-bond acceptors (Lipinski definition) is 6. The molecule has 0 bridgehead atoms. The Hall–Kier alpha value is -3.45. The standard InChI is InChI=1S/C31H38N4O3/c1-37-28-11-10-24(17-29(28)38-2)26-19-33-30(34-20-26)12-13-31(36)35-27(25-7-4-14-32-18-25)16-21-8-9-22-5-3-6-23(22)15-21/h8-11,15,17,19-20,25,27,32H,3-7,12-14,16,18H2,1-2H3,(H,35,36). The number of rotatable bonds is 10. The number of aromatic nitrogens is 2. The second-order valence-corrected chi connectivity index (χ2v) is 10.4. The van der Waals surface area contributed by atoms with Crippen LogP contribution < -0.4 is 20.1 Å². The predicted molar refractivity (Wildman–Crippen MR) is 149 cm³/mol. The number of nitrogens with one attached hydrogen (secondary N) is 2. The molecule has 38 heavy (non-hydrogen) atoms. The molecule has 0 saturated carbocycles. The number of carbonyl (C=O) groups is 1. The molecule has 1 aliphatic carbocycles. The van der Waals surface area contributed by atoms with E-state index >= 15 is 0 Å². The van der Waals surface area contributed by atoms with Crippen LogP contribution in [-0.4, -0.2) is 49.2 Å². The summed E-state index contributed by atoms with van der Waals surface area (Å²) in [5.41, 5.74) is 6.14. The summed E-state index contributed by atoms with van der Waals surface area (Å²) in [5, 5.41) is 6.89. The maximum Gasteiger partial charge on any atom is 0.220 e. The number of ether oxygens (including phenoxy) is 2. The molecule has 2 N–H and O–H groups in total. The largest absolute Gasteiger partial charge is 0.493 e. The number of carbonyl (C=O) groups excluding carboxylic acids is 1. The minimum atomic E-state index is 0.0642. The molecular formula is C31H38N4O3. The molecule has 1 aromatic heterocycles. The van der Waals surface area contributed by atoms with E-state index in [0.29, 0.717) is 36.1 Å². The Kier molecular flexibility index (Phi) is 8.54. The molecule has 2 heterocycles. The van der Waals surface area contributed by atoms with Crippen LogP contribution >= 0.6 is 0 Å². The van der Waals surface area contributed by atoms with Gasteiger partial charge in [-0.2, -0.15) is 0 Å². The fraction of sp³-hybridized carbons (Fsp3) is 0.452. The fourth-order valence-electron chi connectivity index (χ4n) is 5.72. The quantitative estimate of drug-likeness (QED) is 0.419. The van der Waals surface area contributed by atoms with E-state index in [0.717, 1.165) is 43.5 Å². The third-order valence-electron chi connectivity index (χ3n) is 7.87. The number of amides is 1. The first kappa shape index (κ1) is 26.2. The molecule has 2 unspecified atom stereocenters. The Labute approximate surface area is 225 Å². The molecule has 5 rings (SSSR count). The van der Waals surface area contributed by atoms with Gasteiger partial charge in [-0.25, -0.2) is 9.97 Å². The Balaban J connectivity index is 1.20. The highest BCUT2D eigenvalue weighted by Gasteiger charge is 2.26. The lowest BCUT2D eigenvalue weighted by Gasteiger charge is -2.32. The summed E-state index contributed by atoms with van der Waals surface area (Å²) in [6.07, 6.45) is 11.3. The van der Waals surface area contributed by atoms with Crippen LogP contribution in [0.1, 0.15) is 48.2 Å². The van der Waals surface area contributed by atoms with E-state index in [2.05, 4.69) is 38.8 Å².